The van der Waals surface area contributed by atoms with Crippen molar-refractivity contribution in [2.45, 2.75) is 20.0 Å². The van der Waals surface area contributed by atoms with Crippen LogP contribution in [0.4, 0.5) is 5.69 Å². The number of benzene rings is 1. The second kappa shape index (κ2) is 8.06. The van der Waals surface area contributed by atoms with Crippen LogP contribution in [-0.2, 0) is 13.1 Å². The molecule has 25 heavy (non-hydrogen) atoms. The summed E-state index contributed by atoms with van der Waals surface area (Å²) < 4.78 is 0. The minimum absolute atomic E-state index is 0.218. The Morgan fingerprint density at radius 2 is 1.88 bits per heavy atom. The van der Waals surface area contributed by atoms with E-state index in [1.165, 1.54) is 11.1 Å². The van der Waals surface area contributed by atoms with Crippen LogP contribution >= 0.6 is 0 Å². The summed E-state index contributed by atoms with van der Waals surface area (Å²) in [6.45, 7) is 3.14. The van der Waals surface area contributed by atoms with Crippen LogP contribution in [0.1, 0.15) is 27.3 Å². The minimum atomic E-state index is -0.218. The largest absolute Gasteiger partial charge is 0.381 e. The van der Waals surface area contributed by atoms with Crippen molar-refractivity contribution in [3.63, 3.8) is 0 Å². The highest BCUT2D eigenvalue weighted by Crippen LogP contribution is 2.11. The Morgan fingerprint density at radius 3 is 2.68 bits per heavy atom. The molecule has 1 aromatic carbocycles. The molecule has 0 atom stereocenters. The SMILES string of the molecule is Cc1cccc(CNc2ccnc(C(=O)NCc3ccccn3)c2)c1. The van der Waals surface area contributed by atoms with Crippen LogP contribution in [0, 0.1) is 6.92 Å². The molecule has 3 rings (SSSR count). The van der Waals surface area contributed by atoms with Gasteiger partial charge in [0.2, 0.25) is 0 Å². The van der Waals surface area contributed by atoms with Gasteiger partial charge in [-0.1, -0.05) is 35.9 Å². The van der Waals surface area contributed by atoms with Crippen molar-refractivity contribution < 1.29 is 4.79 Å². The number of aryl methyl sites for hydroxylation is 1. The molecule has 0 unspecified atom stereocenters. The molecule has 0 saturated heterocycles. The van der Waals surface area contributed by atoms with Crippen molar-refractivity contribution in [1.29, 1.82) is 0 Å². The molecule has 5 nitrogen and oxygen atoms in total. The number of hydrogen-bond donors (Lipinski definition) is 2. The van der Waals surface area contributed by atoms with Gasteiger partial charge in [0, 0.05) is 24.6 Å². The van der Waals surface area contributed by atoms with Gasteiger partial charge in [-0.2, -0.15) is 0 Å². The Balaban J connectivity index is 1.59. The predicted octanol–water partition coefficient (Wildman–Crippen LogP) is 3.33. The first-order valence-corrected chi connectivity index (χ1v) is 8.14. The number of anilines is 1. The Hall–Kier alpha value is -3.21. The van der Waals surface area contributed by atoms with Gasteiger partial charge in [-0.05, 0) is 36.8 Å². The van der Waals surface area contributed by atoms with Crippen LogP contribution in [0.5, 0.6) is 0 Å². The first-order chi connectivity index (χ1) is 12.2. The summed E-state index contributed by atoms with van der Waals surface area (Å²) in [5, 5.41) is 6.16. The molecule has 0 aliphatic heterocycles. The van der Waals surface area contributed by atoms with E-state index >= 15 is 0 Å². The maximum atomic E-state index is 12.3. The van der Waals surface area contributed by atoms with Crippen molar-refractivity contribution in [3.05, 3.63) is 89.5 Å². The van der Waals surface area contributed by atoms with Crippen LogP contribution < -0.4 is 10.6 Å². The Labute approximate surface area is 147 Å². The molecule has 0 aliphatic carbocycles. The Bertz CT molecular complexity index is 849. The number of hydrogen-bond acceptors (Lipinski definition) is 4. The van der Waals surface area contributed by atoms with Crippen molar-refractivity contribution in [2.24, 2.45) is 0 Å². The number of carbonyl (C=O) groups excluding carboxylic acids is 1. The third-order valence-electron chi connectivity index (χ3n) is 3.73. The highest BCUT2D eigenvalue weighted by Gasteiger charge is 2.08. The van der Waals surface area contributed by atoms with Gasteiger partial charge >= 0.3 is 0 Å². The summed E-state index contributed by atoms with van der Waals surface area (Å²) in [7, 11) is 0. The first kappa shape index (κ1) is 16.6. The molecule has 0 spiro atoms. The fraction of sp³-hybridized carbons (Fsp3) is 0.150. The summed E-state index contributed by atoms with van der Waals surface area (Å²) in [5.41, 5.74) is 4.47. The summed E-state index contributed by atoms with van der Waals surface area (Å²) in [6, 6.07) is 17.5. The Morgan fingerprint density at radius 1 is 0.960 bits per heavy atom. The van der Waals surface area contributed by atoms with E-state index in [9.17, 15) is 4.79 Å². The smallest absolute Gasteiger partial charge is 0.270 e. The third kappa shape index (κ3) is 4.88. The Kier molecular flexibility index (Phi) is 5.36. The highest BCUT2D eigenvalue weighted by atomic mass is 16.1. The molecule has 3 aromatic rings. The molecule has 5 heteroatoms. The number of rotatable bonds is 6. The lowest BCUT2D eigenvalue weighted by Crippen LogP contribution is -2.24. The fourth-order valence-corrected chi connectivity index (χ4v) is 2.45. The van der Waals surface area contributed by atoms with E-state index in [-0.39, 0.29) is 5.91 Å². The highest BCUT2D eigenvalue weighted by molar-refractivity contribution is 5.93. The number of pyridine rings is 2. The van der Waals surface area contributed by atoms with Gasteiger partial charge in [0.05, 0.1) is 12.2 Å². The van der Waals surface area contributed by atoms with Crippen LogP contribution in [-0.4, -0.2) is 15.9 Å². The zero-order valence-electron chi connectivity index (χ0n) is 14.1. The monoisotopic (exact) mass is 332 g/mol. The molecule has 0 radical (unpaired) electrons. The number of nitrogens with zero attached hydrogens (tertiary/aromatic N) is 2. The normalized spacial score (nSPS) is 10.3. The molecule has 2 heterocycles. The summed E-state index contributed by atoms with van der Waals surface area (Å²) >= 11 is 0. The van der Waals surface area contributed by atoms with Gasteiger partial charge in [0.15, 0.2) is 0 Å². The topological polar surface area (TPSA) is 66.9 Å². The third-order valence-corrected chi connectivity index (χ3v) is 3.73. The number of carbonyl (C=O) groups is 1. The van der Waals surface area contributed by atoms with E-state index < -0.39 is 0 Å². The number of aromatic nitrogens is 2. The van der Waals surface area contributed by atoms with Gasteiger partial charge in [-0.15, -0.1) is 0 Å². The van der Waals surface area contributed by atoms with Gasteiger partial charge in [0.25, 0.3) is 5.91 Å². The molecule has 1 amide bonds. The van der Waals surface area contributed by atoms with Gasteiger partial charge in [-0.25, -0.2) is 0 Å². The van der Waals surface area contributed by atoms with Gasteiger partial charge in [0.1, 0.15) is 5.69 Å². The molecule has 0 saturated carbocycles. The fourth-order valence-electron chi connectivity index (χ4n) is 2.45. The van der Waals surface area contributed by atoms with Gasteiger partial charge < -0.3 is 10.6 Å². The number of nitrogens with one attached hydrogen (secondary N) is 2. The van der Waals surface area contributed by atoms with E-state index in [2.05, 4.69) is 45.7 Å². The average Bonchev–Trinajstić information content (AvgIpc) is 2.65. The number of amides is 1. The van der Waals surface area contributed by atoms with Crippen molar-refractivity contribution in [1.82, 2.24) is 15.3 Å². The first-order valence-electron chi connectivity index (χ1n) is 8.14. The van der Waals surface area contributed by atoms with E-state index in [1.54, 1.807) is 18.5 Å². The second-order valence-corrected chi connectivity index (χ2v) is 5.78. The lowest BCUT2D eigenvalue weighted by atomic mass is 10.1. The molecule has 0 fully saturated rings. The maximum Gasteiger partial charge on any atom is 0.270 e. The summed E-state index contributed by atoms with van der Waals surface area (Å²) in [4.78, 5) is 20.6. The molecule has 2 aromatic heterocycles. The molecular weight excluding hydrogens is 312 g/mol. The molecule has 126 valence electrons. The molecular formula is C20H20N4O. The molecule has 0 aliphatic rings. The van der Waals surface area contributed by atoms with Crippen LogP contribution in [0.2, 0.25) is 0 Å². The van der Waals surface area contributed by atoms with Gasteiger partial charge in [-0.3, -0.25) is 14.8 Å². The summed E-state index contributed by atoms with van der Waals surface area (Å²) in [5.74, 6) is -0.218. The molecule has 0 bridgehead atoms. The average molecular weight is 332 g/mol. The zero-order valence-corrected chi connectivity index (χ0v) is 14.1. The minimum Gasteiger partial charge on any atom is -0.381 e. The summed E-state index contributed by atoms with van der Waals surface area (Å²) in [6.07, 6.45) is 3.34. The van der Waals surface area contributed by atoms with E-state index in [0.717, 1.165) is 11.4 Å². The van der Waals surface area contributed by atoms with E-state index in [0.29, 0.717) is 18.8 Å². The predicted molar refractivity (Wildman–Crippen MR) is 98.1 cm³/mol. The quantitative estimate of drug-likeness (QED) is 0.726. The maximum absolute atomic E-state index is 12.3. The van der Waals surface area contributed by atoms with Crippen LogP contribution in [0.3, 0.4) is 0 Å². The lowest BCUT2D eigenvalue weighted by molar-refractivity contribution is 0.0945. The van der Waals surface area contributed by atoms with E-state index in [4.69, 9.17) is 0 Å². The van der Waals surface area contributed by atoms with Crippen molar-refractivity contribution in [3.8, 4) is 0 Å². The zero-order chi connectivity index (χ0) is 17.5. The van der Waals surface area contributed by atoms with Crippen molar-refractivity contribution >= 4 is 11.6 Å². The standard InChI is InChI=1S/C20H20N4O/c1-15-5-4-6-16(11-15)13-23-17-8-10-22-19(12-17)20(25)24-14-18-7-2-3-9-21-18/h2-12H,13-14H2,1H3,(H,22,23)(H,24,25). The molecule has 2 N–H and O–H groups in total. The second-order valence-electron chi connectivity index (χ2n) is 5.78. The lowest BCUT2D eigenvalue weighted by Gasteiger charge is -2.09. The van der Waals surface area contributed by atoms with E-state index in [1.807, 2.05) is 30.3 Å². The van der Waals surface area contributed by atoms with Crippen LogP contribution in [0.25, 0.3) is 0 Å². The van der Waals surface area contributed by atoms with Crippen LogP contribution in [0.15, 0.2) is 67.0 Å². The van der Waals surface area contributed by atoms with Crippen molar-refractivity contribution in [2.75, 3.05) is 5.32 Å².